The van der Waals surface area contributed by atoms with Crippen molar-refractivity contribution in [3.63, 3.8) is 0 Å². The highest BCUT2D eigenvalue weighted by atomic mass is 16.7. The van der Waals surface area contributed by atoms with Crippen LogP contribution in [0.4, 0.5) is 0 Å². The second-order valence-electron chi connectivity index (χ2n) is 3.35. The Bertz CT molecular complexity index is 339. The largest absolute Gasteiger partial charge is 0.467 e. The van der Waals surface area contributed by atoms with Crippen LogP contribution in [0, 0.1) is 0 Å². The third kappa shape index (κ3) is 3.25. The molecule has 0 aliphatic heterocycles. The van der Waals surface area contributed by atoms with Gasteiger partial charge in [-0.2, -0.15) is 0 Å². The summed E-state index contributed by atoms with van der Waals surface area (Å²) in [5, 5.41) is 0. The topological polar surface area (TPSA) is 44.7 Å². The van der Waals surface area contributed by atoms with Gasteiger partial charge in [0.1, 0.15) is 24.7 Å². The van der Waals surface area contributed by atoms with Gasteiger partial charge in [0.15, 0.2) is 6.29 Å². The molecule has 0 fully saturated rings. The molecule has 0 aliphatic carbocycles. The molecule has 4 nitrogen and oxygen atoms in total. The van der Waals surface area contributed by atoms with Crippen LogP contribution in [0.5, 0.6) is 0 Å². The van der Waals surface area contributed by atoms with E-state index in [1.54, 1.807) is 12.5 Å². The van der Waals surface area contributed by atoms with Gasteiger partial charge >= 0.3 is 0 Å². The summed E-state index contributed by atoms with van der Waals surface area (Å²) in [4.78, 5) is 0. The first-order valence-corrected chi connectivity index (χ1v) is 5.12. The van der Waals surface area contributed by atoms with Gasteiger partial charge in [-0.05, 0) is 31.2 Å². The number of furan rings is 2. The quantitative estimate of drug-likeness (QED) is 0.705. The van der Waals surface area contributed by atoms with Crippen molar-refractivity contribution in [1.82, 2.24) is 0 Å². The fourth-order valence-corrected chi connectivity index (χ4v) is 1.24. The van der Waals surface area contributed by atoms with Gasteiger partial charge in [-0.15, -0.1) is 0 Å². The summed E-state index contributed by atoms with van der Waals surface area (Å²) in [6, 6.07) is 7.37. The Morgan fingerprint density at radius 3 is 1.88 bits per heavy atom. The van der Waals surface area contributed by atoms with Crippen molar-refractivity contribution in [3.8, 4) is 0 Å². The minimum atomic E-state index is -0.296. The molecule has 0 saturated carbocycles. The minimum Gasteiger partial charge on any atom is -0.467 e. The number of rotatable bonds is 6. The van der Waals surface area contributed by atoms with Crippen molar-refractivity contribution in [2.45, 2.75) is 26.4 Å². The van der Waals surface area contributed by atoms with Gasteiger partial charge in [-0.25, -0.2) is 0 Å². The van der Waals surface area contributed by atoms with Crippen LogP contribution < -0.4 is 0 Å². The molecule has 2 aromatic rings. The zero-order valence-electron chi connectivity index (χ0n) is 9.09. The highest BCUT2D eigenvalue weighted by Gasteiger charge is 2.05. The normalized spacial score (nSPS) is 11.1. The predicted molar refractivity (Wildman–Crippen MR) is 56.5 cm³/mol. The SMILES string of the molecule is CC(OCc1ccco1)OCc1ccco1. The summed E-state index contributed by atoms with van der Waals surface area (Å²) >= 11 is 0. The Balaban J connectivity index is 1.66. The smallest absolute Gasteiger partial charge is 0.156 e. The lowest BCUT2D eigenvalue weighted by Crippen LogP contribution is -2.12. The van der Waals surface area contributed by atoms with E-state index in [2.05, 4.69) is 0 Å². The molecule has 0 atom stereocenters. The molecule has 0 unspecified atom stereocenters. The van der Waals surface area contributed by atoms with Crippen LogP contribution in [-0.2, 0) is 22.7 Å². The molecule has 0 spiro atoms. The molecule has 2 heterocycles. The molecular formula is C12H14O4. The molecular weight excluding hydrogens is 208 g/mol. The van der Waals surface area contributed by atoms with E-state index in [-0.39, 0.29) is 6.29 Å². The first kappa shape index (κ1) is 11.0. The minimum absolute atomic E-state index is 0.296. The molecule has 0 N–H and O–H groups in total. The molecule has 2 aromatic heterocycles. The van der Waals surface area contributed by atoms with Crippen molar-refractivity contribution in [2.75, 3.05) is 0 Å². The zero-order valence-corrected chi connectivity index (χ0v) is 9.09. The van der Waals surface area contributed by atoms with Gasteiger partial charge in [0.05, 0.1) is 12.5 Å². The molecule has 16 heavy (non-hydrogen) atoms. The lowest BCUT2D eigenvalue weighted by molar-refractivity contribution is -0.150. The maximum atomic E-state index is 5.43. The Labute approximate surface area is 93.8 Å². The molecule has 0 saturated heterocycles. The summed E-state index contributed by atoms with van der Waals surface area (Å²) in [5.74, 6) is 1.57. The molecule has 0 radical (unpaired) electrons. The van der Waals surface area contributed by atoms with Crippen LogP contribution in [0.25, 0.3) is 0 Å². The Hall–Kier alpha value is -1.52. The Morgan fingerprint density at radius 2 is 1.50 bits per heavy atom. The van der Waals surface area contributed by atoms with Crippen LogP contribution in [0.1, 0.15) is 18.4 Å². The van der Waals surface area contributed by atoms with E-state index in [0.29, 0.717) is 13.2 Å². The average Bonchev–Trinajstić information content (AvgIpc) is 2.96. The maximum absolute atomic E-state index is 5.43. The van der Waals surface area contributed by atoms with E-state index in [4.69, 9.17) is 18.3 Å². The summed E-state index contributed by atoms with van der Waals surface area (Å²) in [6.07, 6.45) is 2.94. The van der Waals surface area contributed by atoms with Gasteiger partial charge in [-0.3, -0.25) is 0 Å². The summed E-state index contributed by atoms with van der Waals surface area (Å²) in [7, 11) is 0. The summed E-state index contributed by atoms with van der Waals surface area (Å²) < 4.78 is 21.1. The standard InChI is InChI=1S/C12H14O4/c1-10(15-8-11-4-2-6-13-11)16-9-12-5-3-7-14-12/h2-7,10H,8-9H2,1H3. The van der Waals surface area contributed by atoms with E-state index in [0.717, 1.165) is 11.5 Å². The van der Waals surface area contributed by atoms with E-state index in [1.165, 1.54) is 0 Å². The number of ether oxygens (including phenoxy) is 2. The second-order valence-corrected chi connectivity index (χ2v) is 3.35. The highest BCUT2D eigenvalue weighted by Crippen LogP contribution is 2.08. The van der Waals surface area contributed by atoms with Crippen LogP contribution in [0.2, 0.25) is 0 Å². The first-order chi connectivity index (χ1) is 7.84. The van der Waals surface area contributed by atoms with Gasteiger partial charge in [0, 0.05) is 0 Å². The van der Waals surface area contributed by atoms with Gasteiger partial charge in [0.25, 0.3) is 0 Å². The third-order valence-corrected chi connectivity index (χ3v) is 2.08. The molecule has 0 bridgehead atoms. The first-order valence-electron chi connectivity index (χ1n) is 5.12. The fraction of sp³-hybridized carbons (Fsp3) is 0.333. The molecule has 4 heteroatoms. The zero-order chi connectivity index (χ0) is 11.2. The second kappa shape index (κ2) is 5.53. The van der Waals surface area contributed by atoms with Gasteiger partial charge in [-0.1, -0.05) is 0 Å². The van der Waals surface area contributed by atoms with Gasteiger partial charge in [0.2, 0.25) is 0 Å². The number of hydrogen-bond donors (Lipinski definition) is 0. The molecule has 86 valence electrons. The number of hydrogen-bond acceptors (Lipinski definition) is 4. The van der Waals surface area contributed by atoms with Crippen LogP contribution in [0.3, 0.4) is 0 Å². The van der Waals surface area contributed by atoms with Crippen molar-refractivity contribution in [2.24, 2.45) is 0 Å². The maximum Gasteiger partial charge on any atom is 0.156 e. The third-order valence-electron chi connectivity index (χ3n) is 2.08. The molecule has 0 aromatic carbocycles. The monoisotopic (exact) mass is 222 g/mol. The van der Waals surface area contributed by atoms with Crippen molar-refractivity contribution in [3.05, 3.63) is 48.3 Å². The molecule has 0 aliphatic rings. The van der Waals surface area contributed by atoms with Crippen molar-refractivity contribution < 1.29 is 18.3 Å². The highest BCUT2D eigenvalue weighted by molar-refractivity contribution is 4.96. The summed E-state index contributed by atoms with van der Waals surface area (Å²) in [6.45, 7) is 2.66. The van der Waals surface area contributed by atoms with E-state index in [9.17, 15) is 0 Å². The average molecular weight is 222 g/mol. The molecule has 0 amide bonds. The lowest BCUT2D eigenvalue weighted by Gasteiger charge is -2.12. The predicted octanol–water partition coefficient (Wildman–Crippen LogP) is 2.95. The Kier molecular flexibility index (Phi) is 3.80. The van der Waals surface area contributed by atoms with E-state index in [1.807, 2.05) is 31.2 Å². The van der Waals surface area contributed by atoms with Gasteiger partial charge < -0.3 is 18.3 Å². The van der Waals surface area contributed by atoms with Crippen molar-refractivity contribution in [1.29, 1.82) is 0 Å². The van der Waals surface area contributed by atoms with E-state index >= 15 is 0 Å². The van der Waals surface area contributed by atoms with Crippen molar-refractivity contribution >= 4 is 0 Å². The van der Waals surface area contributed by atoms with E-state index < -0.39 is 0 Å². The fourth-order valence-electron chi connectivity index (χ4n) is 1.24. The Morgan fingerprint density at radius 1 is 1.00 bits per heavy atom. The lowest BCUT2D eigenvalue weighted by atomic mass is 10.5. The van der Waals surface area contributed by atoms with Crippen LogP contribution >= 0.6 is 0 Å². The van der Waals surface area contributed by atoms with Crippen LogP contribution in [0.15, 0.2) is 45.6 Å². The molecule has 2 rings (SSSR count). The van der Waals surface area contributed by atoms with Crippen LogP contribution in [-0.4, -0.2) is 6.29 Å². The summed E-state index contributed by atoms with van der Waals surface area (Å²) in [5.41, 5.74) is 0.